The highest BCUT2D eigenvalue weighted by molar-refractivity contribution is 14.1. The molecule has 2 rings (SSSR count). The van der Waals surface area contributed by atoms with E-state index < -0.39 is 0 Å². The highest BCUT2D eigenvalue weighted by Crippen LogP contribution is 2.44. The van der Waals surface area contributed by atoms with E-state index in [-0.39, 0.29) is 5.82 Å². The summed E-state index contributed by atoms with van der Waals surface area (Å²) in [4.78, 5) is 4.02. The van der Waals surface area contributed by atoms with Gasteiger partial charge in [-0.3, -0.25) is 0 Å². The van der Waals surface area contributed by atoms with Crippen molar-refractivity contribution in [1.29, 1.82) is 0 Å². The molecular formula is C10H12FIN2. The van der Waals surface area contributed by atoms with Crippen molar-refractivity contribution in [3.05, 3.63) is 21.7 Å². The zero-order chi connectivity index (χ0) is 10.2. The Morgan fingerprint density at radius 3 is 2.93 bits per heavy atom. The fraction of sp³-hybridized carbons (Fsp3) is 0.500. The van der Waals surface area contributed by atoms with Crippen molar-refractivity contribution in [3.63, 3.8) is 0 Å². The summed E-state index contributed by atoms with van der Waals surface area (Å²) >= 11 is 2.09. The van der Waals surface area contributed by atoms with Crippen molar-refractivity contribution in [2.24, 2.45) is 5.41 Å². The van der Waals surface area contributed by atoms with E-state index in [1.165, 1.54) is 25.1 Å². The van der Waals surface area contributed by atoms with Crippen LogP contribution in [0.5, 0.6) is 0 Å². The molecule has 4 heteroatoms. The lowest BCUT2D eigenvalue weighted by Gasteiger charge is -2.11. The fourth-order valence-electron chi connectivity index (χ4n) is 1.23. The van der Waals surface area contributed by atoms with Crippen LogP contribution in [0.25, 0.3) is 0 Å². The second-order valence-electron chi connectivity index (χ2n) is 4.15. The van der Waals surface area contributed by atoms with Gasteiger partial charge in [-0.1, -0.05) is 6.92 Å². The average molecular weight is 306 g/mol. The molecule has 0 saturated heterocycles. The molecular weight excluding hydrogens is 294 g/mol. The van der Waals surface area contributed by atoms with E-state index in [1.54, 1.807) is 0 Å². The van der Waals surface area contributed by atoms with E-state index in [9.17, 15) is 4.39 Å². The number of nitrogens with one attached hydrogen (secondary N) is 1. The van der Waals surface area contributed by atoms with Crippen molar-refractivity contribution >= 4 is 28.4 Å². The third kappa shape index (κ3) is 2.34. The Kier molecular flexibility index (Phi) is 2.64. The van der Waals surface area contributed by atoms with Crippen LogP contribution in [-0.2, 0) is 0 Å². The minimum absolute atomic E-state index is 0.280. The van der Waals surface area contributed by atoms with Crippen LogP contribution < -0.4 is 5.32 Å². The van der Waals surface area contributed by atoms with Gasteiger partial charge in [-0.2, -0.15) is 0 Å². The van der Waals surface area contributed by atoms with Crippen LogP contribution in [0.1, 0.15) is 19.8 Å². The smallest absolute Gasteiger partial charge is 0.142 e. The van der Waals surface area contributed by atoms with Gasteiger partial charge in [0.15, 0.2) is 0 Å². The number of nitrogens with zero attached hydrogens (tertiary/aromatic N) is 1. The molecule has 1 heterocycles. The first-order chi connectivity index (χ1) is 6.59. The molecule has 0 unspecified atom stereocenters. The van der Waals surface area contributed by atoms with Crippen molar-refractivity contribution in [1.82, 2.24) is 4.98 Å². The van der Waals surface area contributed by atoms with Crippen molar-refractivity contribution in [2.45, 2.75) is 19.8 Å². The lowest BCUT2D eigenvalue weighted by Crippen LogP contribution is -2.13. The monoisotopic (exact) mass is 306 g/mol. The molecule has 2 nitrogen and oxygen atoms in total. The highest BCUT2D eigenvalue weighted by Gasteiger charge is 2.36. The summed E-state index contributed by atoms with van der Waals surface area (Å²) < 4.78 is 13.6. The average Bonchev–Trinajstić information content (AvgIpc) is 2.83. The normalized spacial score (nSPS) is 17.9. The van der Waals surface area contributed by atoms with Crippen molar-refractivity contribution in [2.75, 3.05) is 11.9 Å². The van der Waals surface area contributed by atoms with E-state index in [0.29, 0.717) is 5.41 Å². The molecule has 0 bridgehead atoms. The molecule has 0 spiro atoms. The second-order valence-corrected chi connectivity index (χ2v) is 5.31. The standard InChI is InChI=1S/C10H12FIN2/c1-10(2-3-10)6-14-9-8(12)4-7(11)5-13-9/h4-5H,2-3,6H2,1H3,(H,13,14). The number of pyridine rings is 1. The first-order valence-electron chi connectivity index (χ1n) is 4.64. The quantitative estimate of drug-likeness (QED) is 0.868. The maximum absolute atomic E-state index is 12.7. The number of rotatable bonds is 3. The molecule has 1 aromatic heterocycles. The third-order valence-corrected chi connectivity index (χ3v) is 3.42. The minimum atomic E-state index is -0.280. The van der Waals surface area contributed by atoms with E-state index in [4.69, 9.17) is 0 Å². The van der Waals surface area contributed by atoms with Crippen molar-refractivity contribution < 1.29 is 4.39 Å². The van der Waals surface area contributed by atoms with Crippen LogP contribution in [0.3, 0.4) is 0 Å². The summed E-state index contributed by atoms with van der Waals surface area (Å²) in [6, 6.07) is 1.49. The van der Waals surface area contributed by atoms with Crippen molar-refractivity contribution in [3.8, 4) is 0 Å². The predicted octanol–water partition coefficient (Wildman–Crippen LogP) is 3.04. The van der Waals surface area contributed by atoms with Crippen LogP contribution in [0.4, 0.5) is 10.2 Å². The molecule has 1 saturated carbocycles. The van der Waals surface area contributed by atoms with Gasteiger partial charge in [0, 0.05) is 6.54 Å². The Balaban J connectivity index is 2.02. The second kappa shape index (κ2) is 3.64. The van der Waals surface area contributed by atoms with Gasteiger partial charge in [-0.15, -0.1) is 0 Å². The van der Waals surface area contributed by atoms with Gasteiger partial charge >= 0.3 is 0 Å². The van der Waals surface area contributed by atoms with E-state index in [1.807, 2.05) is 0 Å². The number of hydrogen-bond acceptors (Lipinski definition) is 2. The summed E-state index contributed by atoms with van der Waals surface area (Å²) in [6.07, 6.45) is 3.80. The Hall–Kier alpha value is -0.390. The third-order valence-electron chi connectivity index (χ3n) is 2.59. The molecule has 0 atom stereocenters. The summed E-state index contributed by atoms with van der Waals surface area (Å²) in [5.74, 6) is 0.512. The van der Waals surface area contributed by atoms with Gasteiger partial charge in [-0.05, 0) is 46.9 Å². The number of anilines is 1. The molecule has 1 N–H and O–H groups in total. The fourth-order valence-corrected chi connectivity index (χ4v) is 1.86. The van der Waals surface area contributed by atoms with Crippen LogP contribution >= 0.6 is 22.6 Å². The van der Waals surface area contributed by atoms with E-state index >= 15 is 0 Å². The lowest BCUT2D eigenvalue weighted by atomic mass is 10.1. The molecule has 76 valence electrons. The summed E-state index contributed by atoms with van der Waals surface area (Å²) in [7, 11) is 0. The lowest BCUT2D eigenvalue weighted by molar-refractivity contribution is 0.605. The Labute approximate surface area is 96.4 Å². The maximum atomic E-state index is 12.7. The molecule has 1 aliphatic carbocycles. The van der Waals surface area contributed by atoms with Gasteiger partial charge in [-0.25, -0.2) is 9.37 Å². The molecule has 0 aromatic carbocycles. The number of aromatic nitrogens is 1. The SMILES string of the molecule is CC1(CNc2ncc(F)cc2I)CC1. The molecule has 0 radical (unpaired) electrons. The maximum Gasteiger partial charge on any atom is 0.142 e. The summed E-state index contributed by atoms with van der Waals surface area (Å²) in [5, 5.41) is 3.26. The molecule has 1 aliphatic rings. The Morgan fingerprint density at radius 2 is 2.36 bits per heavy atom. The van der Waals surface area contributed by atoms with Gasteiger partial charge in [0.2, 0.25) is 0 Å². The first kappa shape index (κ1) is 10.1. The Bertz CT molecular complexity index is 350. The van der Waals surface area contributed by atoms with Crippen LogP contribution in [0.2, 0.25) is 0 Å². The number of halogens is 2. The summed E-state index contributed by atoms with van der Waals surface area (Å²) in [6.45, 7) is 3.18. The van der Waals surface area contributed by atoms with Gasteiger partial charge in [0.1, 0.15) is 11.6 Å². The van der Waals surface area contributed by atoms with E-state index in [2.05, 4.69) is 39.8 Å². The summed E-state index contributed by atoms with van der Waals surface area (Å²) in [5.41, 5.74) is 0.444. The zero-order valence-corrected chi connectivity index (χ0v) is 10.1. The molecule has 1 aromatic rings. The molecule has 0 amide bonds. The largest absolute Gasteiger partial charge is 0.369 e. The Morgan fingerprint density at radius 1 is 1.64 bits per heavy atom. The molecule has 14 heavy (non-hydrogen) atoms. The van der Waals surface area contributed by atoms with Gasteiger partial charge < -0.3 is 5.32 Å². The molecule has 0 aliphatic heterocycles. The molecule has 1 fully saturated rings. The minimum Gasteiger partial charge on any atom is -0.369 e. The number of hydrogen-bond donors (Lipinski definition) is 1. The van der Waals surface area contributed by atoms with Crippen LogP contribution in [0.15, 0.2) is 12.3 Å². The van der Waals surface area contributed by atoms with Gasteiger partial charge in [0.05, 0.1) is 9.77 Å². The van der Waals surface area contributed by atoms with Crippen LogP contribution in [0, 0.1) is 14.8 Å². The highest BCUT2D eigenvalue weighted by atomic mass is 127. The van der Waals surface area contributed by atoms with E-state index in [0.717, 1.165) is 15.9 Å². The van der Waals surface area contributed by atoms with Gasteiger partial charge in [0.25, 0.3) is 0 Å². The predicted molar refractivity (Wildman–Crippen MR) is 62.7 cm³/mol. The van der Waals surface area contributed by atoms with Crippen LogP contribution in [-0.4, -0.2) is 11.5 Å². The first-order valence-corrected chi connectivity index (χ1v) is 5.72. The zero-order valence-electron chi connectivity index (χ0n) is 7.98. The topological polar surface area (TPSA) is 24.9 Å².